The largest absolute Gasteiger partial charge is 0.481 e. The zero-order valence-electron chi connectivity index (χ0n) is 13.6. The SMILES string of the molecule is CCC(CC)C(C)NC(=O)NC1(CC(=O)O)CCCCC1. The number of carbonyl (C=O) groups is 2. The molecule has 0 radical (unpaired) electrons. The zero-order chi connectivity index (χ0) is 15.9. The summed E-state index contributed by atoms with van der Waals surface area (Å²) in [6.07, 6.45) is 6.66. The van der Waals surface area contributed by atoms with Crippen molar-refractivity contribution in [3.05, 3.63) is 0 Å². The van der Waals surface area contributed by atoms with Gasteiger partial charge in [-0.3, -0.25) is 4.79 Å². The lowest BCUT2D eigenvalue weighted by Crippen LogP contribution is -2.56. The molecule has 0 spiro atoms. The number of hydrogen-bond donors (Lipinski definition) is 3. The fourth-order valence-corrected chi connectivity index (χ4v) is 3.46. The number of aliphatic carboxylic acids is 1. The van der Waals surface area contributed by atoms with Crippen molar-refractivity contribution in [1.82, 2.24) is 10.6 Å². The molecule has 1 fully saturated rings. The maximum absolute atomic E-state index is 12.2. The zero-order valence-corrected chi connectivity index (χ0v) is 13.6. The molecule has 0 aliphatic heterocycles. The number of amides is 2. The van der Waals surface area contributed by atoms with E-state index < -0.39 is 11.5 Å². The summed E-state index contributed by atoms with van der Waals surface area (Å²) in [6, 6.07) is -0.122. The van der Waals surface area contributed by atoms with Crippen molar-refractivity contribution >= 4 is 12.0 Å². The van der Waals surface area contributed by atoms with Gasteiger partial charge in [0.2, 0.25) is 0 Å². The smallest absolute Gasteiger partial charge is 0.315 e. The summed E-state index contributed by atoms with van der Waals surface area (Å²) in [5, 5.41) is 15.1. The fourth-order valence-electron chi connectivity index (χ4n) is 3.46. The van der Waals surface area contributed by atoms with Crippen LogP contribution in [0.3, 0.4) is 0 Å². The Labute approximate surface area is 127 Å². The molecule has 21 heavy (non-hydrogen) atoms. The molecule has 1 atom stereocenters. The van der Waals surface area contributed by atoms with E-state index >= 15 is 0 Å². The van der Waals surface area contributed by atoms with Crippen molar-refractivity contribution in [2.24, 2.45) is 5.92 Å². The molecule has 2 amide bonds. The van der Waals surface area contributed by atoms with Crippen molar-refractivity contribution in [1.29, 1.82) is 0 Å². The molecule has 0 bridgehead atoms. The van der Waals surface area contributed by atoms with E-state index in [2.05, 4.69) is 24.5 Å². The molecule has 0 aromatic carbocycles. The molecule has 5 nitrogen and oxygen atoms in total. The summed E-state index contributed by atoms with van der Waals surface area (Å²) in [4.78, 5) is 23.3. The van der Waals surface area contributed by atoms with E-state index in [0.29, 0.717) is 5.92 Å². The Kier molecular flexibility index (Phi) is 6.99. The van der Waals surface area contributed by atoms with Gasteiger partial charge < -0.3 is 15.7 Å². The Morgan fingerprint density at radius 2 is 1.71 bits per heavy atom. The second-order valence-electron chi connectivity index (χ2n) is 6.38. The van der Waals surface area contributed by atoms with Crippen LogP contribution in [0.2, 0.25) is 0 Å². The van der Waals surface area contributed by atoms with E-state index in [4.69, 9.17) is 5.11 Å². The minimum Gasteiger partial charge on any atom is -0.481 e. The van der Waals surface area contributed by atoms with Gasteiger partial charge in [0.15, 0.2) is 0 Å². The molecular weight excluding hydrogens is 268 g/mol. The molecule has 1 unspecified atom stereocenters. The Hall–Kier alpha value is -1.26. The number of carboxylic acid groups (broad SMARTS) is 1. The molecule has 3 N–H and O–H groups in total. The van der Waals surface area contributed by atoms with E-state index in [-0.39, 0.29) is 18.5 Å². The van der Waals surface area contributed by atoms with E-state index in [0.717, 1.165) is 44.9 Å². The highest BCUT2D eigenvalue weighted by molar-refractivity contribution is 5.77. The van der Waals surface area contributed by atoms with Crippen LogP contribution >= 0.6 is 0 Å². The first-order chi connectivity index (χ1) is 9.92. The van der Waals surface area contributed by atoms with Crippen LogP contribution in [-0.2, 0) is 4.79 Å². The lowest BCUT2D eigenvalue weighted by atomic mass is 9.79. The third kappa shape index (κ3) is 5.56. The van der Waals surface area contributed by atoms with Gasteiger partial charge in [0.05, 0.1) is 12.0 Å². The van der Waals surface area contributed by atoms with Crippen LogP contribution in [-0.4, -0.2) is 28.7 Å². The van der Waals surface area contributed by atoms with Gasteiger partial charge >= 0.3 is 12.0 Å². The highest BCUT2D eigenvalue weighted by atomic mass is 16.4. The minimum atomic E-state index is -0.842. The summed E-state index contributed by atoms with van der Waals surface area (Å²) in [6.45, 7) is 6.26. The number of hydrogen-bond acceptors (Lipinski definition) is 2. The van der Waals surface area contributed by atoms with Crippen molar-refractivity contribution in [2.45, 2.75) is 83.7 Å². The van der Waals surface area contributed by atoms with Gasteiger partial charge in [-0.1, -0.05) is 46.0 Å². The molecule has 122 valence electrons. The molecule has 1 saturated carbocycles. The average molecular weight is 298 g/mol. The number of nitrogens with one attached hydrogen (secondary N) is 2. The van der Waals surface area contributed by atoms with Crippen molar-refractivity contribution in [3.8, 4) is 0 Å². The van der Waals surface area contributed by atoms with E-state index in [1.807, 2.05) is 6.92 Å². The normalized spacial score (nSPS) is 19.0. The van der Waals surface area contributed by atoms with Gasteiger partial charge in [0.1, 0.15) is 0 Å². The Morgan fingerprint density at radius 3 is 2.19 bits per heavy atom. The summed E-state index contributed by atoms with van der Waals surface area (Å²) in [5.74, 6) is -0.386. The summed E-state index contributed by atoms with van der Waals surface area (Å²) in [5.41, 5.74) is -0.568. The fraction of sp³-hybridized carbons (Fsp3) is 0.875. The maximum Gasteiger partial charge on any atom is 0.315 e. The van der Waals surface area contributed by atoms with Gasteiger partial charge in [-0.2, -0.15) is 0 Å². The molecule has 1 rings (SSSR count). The molecule has 0 aromatic rings. The monoisotopic (exact) mass is 298 g/mol. The second kappa shape index (κ2) is 8.25. The van der Waals surface area contributed by atoms with Gasteiger partial charge in [-0.15, -0.1) is 0 Å². The van der Waals surface area contributed by atoms with Crippen LogP contribution in [0.5, 0.6) is 0 Å². The number of carboxylic acids is 1. The lowest BCUT2D eigenvalue weighted by Gasteiger charge is -2.37. The van der Waals surface area contributed by atoms with Crippen LogP contribution in [0.4, 0.5) is 4.79 Å². The summed E-state index contributed by atoms with van der Waals surface area (Å²) >= 11 is 0. The van der Waals surface area contributed by atoms with Crippen molar-refractivity contribution < 1.29 is 14.7 Å². The second-order valence-corrected chi connectivity index (χ2v) is 6.38. The van der Waals surface area contributed by atoms with E-state index in [9.17, 15) is 9.59 Å². The van der Waals surface area contributed by atoms with Crippen molar-refractivity contribution in [3.63, 3.8) is 0 Å². The molecule has 5 heteroatoms. The van der Waals surface area contributed by atoms with Crippen molar-refractivity contribution in [2.75, 3.05) is 0 Å². The van der Waals surface area contributed by atoms with Crippen LogP contribution in [0.1, 0.15) is 72.1 Å². The van der Waals surface area contributed by atoms with Gasteiger partial charge in [-0.25, -0.2) is 4.79 Å². The number of rotatable bonds is 7. The lowest BCUT2D eigenvalue weighted by molar-refractivity contribution is -0.139. The van der Waals surface area contributed by atoms with E-state index in [1.165, 1.54) is 0 Å². The molecule has 1 aliphatic rings. The first-order valence-electron chi connectivity index (χ1n) is 8.23. The van der Waals surface area contributed by atoms with Gasteiger partial charge in [0.25, 0.3) is 0 Å². The molecule has 0 saturated heterocycles. The van der Waals surface area contributed by atoms with Crippen LogP contribution in [0.25, 0.3) is 0 Å². The molecule has 1 aliphatic carbocycles. The predicted molar refractivity (Wildman–Crippen MR) is 83.3 cm³/mol. The first-order valence-corrected chi connectivity index (χ1v) is 8.23. The molecule has 0 aromatic heterocycles. The topological polar surface area (TPSA) is 78.4 Å². The third-order valence-corrected chi connectivity index (χ3v) is 4.79. The van der Waals surface area contributed by atoms with Crippen LogP contribution in [0, 0.1) is 5.92 Å². The quantitative estimate of drug-likeness (QED) is 0.675. The van der Waals surface area contributed by atoms with Gasteiger partial charge in [0, 0.05) is 6.04 Å². The molecular formula is C16H30N2O3. The van der Waals surface area contributed by atoms with Crippen LogP contribution in [0.15, 0.2) is 0 Å². The highest BCUT2D eigenvalue weighted by Crippen LogP contribution is 2.31. The minimum absolute atomic E-state index is 0.0137. The summed E-state index contributed by atoms with van der Waals surface area (Å²) in [7, 11) is 0. The number of carbonyl (C=O) groups excluding carboxylic acids is 1. The average Bonchev–Trinajstić information content (AvgIpc) is 2.39. The predicted octanol–water partition coefficient (Wildman–Crippen LogP) is 3.29. The summed E-state index contributed by atoms with van der Waals surface area (Å²) < 4.78 is 0. The van der Waals surface area contributed by atoms with Gasteiger partial charge in [-0.05, 0) is 25.7 Å². The molecule has 0 heterocycles. The first kappa shape index (κ1) is 17.8. The standard InChI is InChI=1S/C16H30N2O3/c1-4-13(5-2)12(3)17-15(21)18-16(11-14(19)20)9-7-6-8-10-16/h12-13H,4-11H2,1-3H3,(H,19,20)(H2,17,18,21). The maximum atomic E-state index is 12.2. The van der Waals surface area contributed by atoms with E-state index in [1.54, 1.807) is 0 Å². The third-order valence-electron chi connectivity index (χ3n) is 4.79. The Morgan fingerprint density at radius 1 is 1.14 bits per heavy atom. The Bertz CT molecular complexity index is 347. The Balaban J connectivity index is 2.61. The number of urea groups is 1. The van der Waals surface area contributed by atoms with Crippen LogP contribution < -0.4 is 10.6 Å². The highest BCUT2D eigenvalue weighted by Gasteiger charge is 2.36.